The fourth-order valence-electron chi connectivity index (χ4n) is 2.14. The number of aliphatic carboxylic acids is 1. The molecule has 0 saturated carbocycles. The number of hydrogen-bond donors (Lipinski definition) is 2. The maximum atomic E-state index is 12.1. The normalized spacial score (nSPS) is 11.7. The molecule has 0 aliphatic heterocycles. The van der Waals surface area contributed by atoms with Gasteiger partial charge in [0.1, 0.15) is 0 Å². The quantitative estimate of drug-likeness (QED) is 0.851. The second-order valence-corrected chi connectivity index (χ2v) is 5.75. The van der Waals surface area contributed by atoms with E-state index in [2.05, 4.69) is 5.32 Å². The lowest BCUT2D eigenvalue weighted by molar-refractivity contribution is -0.138. The van der Waals surface area contributed by atoms with Crippen molar-refractivity contribution >= 4 is 23.5 Å². The van der Waals surface area contributed by atoms with E-state index in [0.717, 1.165) is 12.0 Å². The van der Waals surface area contributed by atoms with Gasteiger partial charge in [-0.2, -0.15) is 0 Å². The summed E-state index contributed by atoms with van der Waals surface area (Å²) >= 11 is 5.82. The first-order chi connectivity index (χ1) is 11.0. The second-order valence-electron chi connectivity index (χ2n) is 5.31. The minimum Gasteiger partial charge on any atom is -0.481 e. The fourth-order valence-corrected chi connectivity index (χ4v) is 2.27. The summed E-state index contributed by atoms with van der Waals surface area (Å²) in [6, 6.07) is 14.1. The van der Waals surface area contributed by atoms with Crippen molar-refractivity contribution in [2.24, 2.45) is 0 Å². The SMILES string of the molecule is CC(C(=O)O)c1ccc(C(=O)NCCc2ccc(Cl)cc2)cc1. The highest BCUT2D eigenvalue weighted by molar-refractivity contribution is 6.30. The molecule has 0 spiro atoms. The Kier molecular flexibility index (Phi) is 5.77. The molecule has 0 fully saturated rings. The standard InChI is InChI=1S/C18H18ClNO3/c1-12(18(22)23)14-4-6-15(7-5-14)17(21)20-11-10-13-2-8-16(19)9-3-13/h2-9,12H,10-11H2,1H3,(H,20,21)(H,22,23). The first-order valence-electron chi connectivity index (χ1n) is 7.33. The van der Waals surface area contributed by atoms with Crippen LogP contribution in [0.2, 0.25) is 5.02 Å². The Balaban J connectivity index is 1.88. The second kappa shape index (κ2) is 7.79. The number of rotatable bonds is 6. The lowest BCUT2D eigenvalue weighted by Gasteiger charge is -2.09. The molecule has 2 N–H and O–H groups in total. The molecule has 0 bridgehead atoms. The molecule has 2 aromatic carbocycles. The molecule has 0 aliphatic carbocycles. The molecular formula is C18H18ClNO3. The first-order valence-corrected chi connectivity index (χ1v) is 7.70. The van der Waals surface area contributed by atoms with E-state index in [1.165, 1.54) is 0 Å². The zero-order chi connectivity index (χ0) is 16.8. The maximum absolute atomic E-state index is 12.1. The van der Waals surface area contributed by atoms with Gasteiger partial charge in [-0.15, -0.1) is 0 Å². The van der Waals surface area contributed by atoms with E-state index in [1.807, 2.05) is 24.3 Å². The van der Waals surface area contributed by atoms with E-state index >= 15 is 0 Å². The fraction of sp³-hybridized carbons (Fsp3) is 0.222. The van der Waals surface area contributed by atoms with Crippen molar-refractivity contribution in [3.8, 4) is 0 Å². The average molecular weight is 332 g/mol. The van der Waals surface area contributed by atoms with E-state index in [9.17, 15) is 9.59 Å². The summed E-state index contributed by atoms with van der Waals surface area (Å²) in [5.74, 6) is -1.64. The number of carbonyl (C=O) groups excluding carboxylic acids is 1. The minimum absolute atomic E-state index is 0.173. The van der Waals surface area contributed by atoms with Crippen LogP contribution < -0.4 is 5.32 Å². The average Bonchev–Trinajstić information content (AvgIpc) is 2.56. The highest BCUT2D eigenvalue weighted by Crippen LogP contribution is 2.16. The van der Waals surface area contributed by atoms with Crippen LogP contribution in [0.3, 0.4) is 0 Å². The Hall–Kier alpha value is -2.33. The largest absolute Gasteiger partial charge is 0.481 e. The van der Waals surface area contributed by atoms with Crippen LogP contribution in [-0.4, -0.2) is 23.5 Å². The zero-order valence-electron chi connectivity index (χ0n) is 12.8. The number of carboxylic acid groups (broad SMARTS) is 1. The molecule has 4 nitrogen and oxygen atoms in total. The van der Waals surface area contributed by atoms with Crippen LogP contribution >= 0.6 is 11.6 Å². The summed E-state index contributed by atoms with van der Waals surface area (Å²) in [7, 11) is 0. The Morgan fingerprint density at radius 1 is 1.09 bits per heavy atom. The molecule has 0 aliphatic rings. The predicted octanol–water partition coefficient (Wildman–Crippen LogP) is 3.50. The summed E-state index contributed by atoms with van der Waals surface area (Å²) in [6.07, 6.45) is 0.719. The van der Waals surface area contributed by atoms with Crippen LogP contribution in [0.25, 0.3) is 0 Å². The summed E-state index contributed by atoms with van der Waals surface area (Å²) < 4.78 is 0. The molecule has 0 heterocycles. The highest BCUT2D eigenvalue weighted by atomic mass is 35.5. The number of halogens is 1. The molecule has 23 heavy (non-hydrogen) atoms. The van der Waals surface area contributed by atoms with Crippen LogP contribution in [0.15, 0.2) is 48.5 Å². The van der Waals surface area contributed by atoms with Gasteiger partial charge in [0.15, 0.2) is 0 Å². The van der Waals surface area contributed by atoms with Gasteiger partial charge >= 0.3 is 5.97 Å². The van der Waals surface area contributed by atoms with E-state index in [-0.39, 0.29) is 5.91 Å². The molecule has 1 unspecified atom stereocenters. The maximum Gasteiger partial charge on any atom is 0.310 e. The molecule has 120 valence electrons. The number of carboxylic acids is 1. The number of nitrogens with one attached hydrogen (secondary N) is 1. The van der Waals surface area contributed by atoms with E-state index < -0.39 is 11.9 Å². The van der Waals surface area contributed by atoms with Gasteiger partial charge < -0.3 is 10.4 Å². The molecule has 5 heteroatoms. The Labute approximate surface area is 140 Å². The summed E-state index contributed by atoms with van der Waals surface area (Å²) in [5, 5.41) is 12.5. The van der Waals surface area contributed by atoms with Crippen molar-refractivity contribution in [1.29, 1.82) is 0 Å². The lowest BCUT2D eigenvalue weighted by atomic mass is 10.00. The highest BCUT2D eigenvalue weighted by Gasteiger charge is 2.14. The van der Waals surface area contributed by atoms with Crippen molar-refractivity contribution in [1.82, 2.24) is 5.32 Å². The van der Waals surface area contributed by atoms with Crippen LogP contribution in [-0.2, 0) is 11.2 Å². The molecule has 2 rings (SSSR count). The molecule has 1 atom stereocenters. The minimum atomic E-state index is -0.884. The van der Waals surface area contributed by atoms with Crippen molar-refractivity contribution < 1.29 is 14.7 Å². The third kappa shape index (κ3) is 4.83. The molecule has 0 saturated heterocycles. The molecule has 2 aromatic rings. The van der Waals surface area contributed by atoms with E-state index in [0.29, 0.717) is 22.7 Å². The van der Waals surface area contributed by atoms with Crippen LogP contribution in [0.5, 0.6) is 0 Å². The third-order valence-corrected chi connectivity index (χ3v) is 3.91. The Bertz CT molecular complexity index is 680. The van der Waals surface area contributed by atoms with Gasteiger partial charge in [-0.25, -0.2) is 0 Å². The lowest BCUT2D eigenvalue weighted by Crippen LogP contribution is -2.25. The van der Waals surface area contributed by atoms with Gasteiger partial charge in [0.25, 0.3) is 5.91 Å². The Morgan fingerprint density at radius 2 is 1.70 bits per heavy atom. The van der Waals surface area contributed by atoms with Crippen LogP contribution in [0.1, 0.15) is 34.3 Å². The topological polar surface area (TPSA) is 66.4 Å². The molecule has 0 aromatic heterocycles. The van der Waals surface area contributed by atoms with Crippen molar-refractivity contribution in [2.45, 2.75) is 19.3 Å². The zero-order valence-corrected chi connectivity index (χ0v) is 13.5. The number of amides is 1. The monoisotopic (exact) mass is 331 g/mol. The summed E-state index contributed by atoms with van der Waals surface area (Å²) in [4.78, 5) is 23.0. The summed E-state index contributed by atoms with van der Waals surface area (Å²) in [5.41, 5.74) is 2.29. The van der Waals surface area contributed by atoms with Gasteiger partial charge in [-0.1, -0.05) is 35.9 Å². The molecule has 1 amide bonds. The number of benzene rings is 2. The van der Waals surface area contributed by atoms with E-state index in [4.69, 9.17) is 16.7 Å². The molecular weight excluding hydrogens is 314 g/mol. The summed E-state index contributed by atoms with van der Waals surface area (Å²) in [6.45, 7) is 2.14. The number of hydrogen-bond acceptors (Lipinski definition) is 2. The molecule has 0 radical (unpaired) electrons. The smallest absolute Gasteiger partial charge is 0.310 e. The van der Waals surface area contributed by atoms with E-state index in [1.54, 1.807) is 31.2 Å². The first kappa shape index (κ1) is 17.0. The third-order valence-electron chi connectivity index (χ3n) is 3.66. The van der Waals surface area contributed by atoms with Crippen LogP contribution in [0.4, 0.5) is 0 Å². The van der Waals surface area contributed by atoms with Gasteiger partial charge in [0, 0.05) is 17.1 Å². The van der Waals surface area contributed by atoms with Crippen molar-refractivity contribution in [3.05, 3.63) is 70.2 Å². The van der Waals surface area contributed by atoms with Crippen molar-refractivity contribution in [3.63, 3.8) is 0 Å². The van der Waals surface area contributed by atoms with Gasteiger partial charge in [-0.05, 0) is 48.7 Å². The van der Waals surface area contributed by atoms with Crippen molar-refractivity contribution in [2.75, 3.05) is 6.54 Å². The Morgan fingerprint density at radius 3 is 2.26 bits per heavy atom. The number of carbonyl (C=O) groups is 2. The van der Waals surface area contributed by atoms with Crippen LogP contribution in [0, 0.1) is 0 Å². The predicted molar refractivity (Wildman–Crippen MR) is 90.0 cm³/mol. The van der Waals surface area contributed by atoms with Gasteiger partial charge in [-0.3, -0.25) is 9.59 Å². The van der Waals surface area contributed by atoms with Gasteiger partial charge in [0.05, 0.1) is 5.92 Å². The van der Waals surface area contributed by atoms with Gasteiger partial charge in [0.2, 0.25) is 0 Å².